The number of fused-ring (bicyclic) bond motifs is 3. The van der Waals surface area contributed by atoms with Crippen molar-refractivity contribution in [3.8, 4) is 0 Å². The Kier molecular flexibility index (Phi) is 9.11. The Labute approximate surface area is 266 Å². The minimum absolute atomic E-state index is 0.246. The van der Waals surface area contributed by atoms with Crippen molar-refractivity contribution in [1.29, 1.82) is 0 Å². The molecule has 1 aliphatic heterocycles. The van der Waals surface area contributed by atoms with E-state index in [0.29, 0.717) is 45.0 Å². The van der Waals surface area contributed by atoms with Gasteiger partial charge in [-0.1, -0.05) is 23.7 Å². The summed E-state index contributed by atoms with van der Waals surface area (Å²) in [5, 5.41) is 13.5. The molecule has 0 fully saturated rings. The average Bonchev–Trinajstić information content (AvgIpc) is 3.52. The van der Waals surface area contributed by atoms with E-state index in [0.717, 1.165) is 55.2 Å². The lowest BCUT2D eigenvalue weighted by molar-refractivity contribution is -0.144. The second-order valence-electron chi connectivity index (χ2n) is 11.6. The van der Waals surface area contributed by atoms with E-state index in [2.05, 4.69) is 20.6 Å². The monoisotopic (exact) mass is 629 g/mol. The number of hydrogen-bond acceptors (Lipinski definition) is 10. The van der Waals surface area contributed by atoms with E-state index < -0.39 is 23.8 Å². The van der Waals surface area contributed by atoms with E-state index >= 15 is 0 Å². The minimum atomic E-state index is -0.819. The minimum Gasteiger partial charge on any atom is -0.468 e. The van der Waals surface area contributed by atoms with Crippen molar-refractivity contribution in [3.63, 3.8) is 0 Å². The van der Waals surface area contributed by atoms with Gasteiger partial charge in [0, 0.05) is 45.7 Å². The number of benzene rings is 2. The zero-order valence-corrected chi connectivity index (χ0v) is 26.4. The lowest BCUT2D eigenvalue weighted by Gasteiger charge is -2.31. The normalized spacial score (nSPS) is 18.1. The van der Waals surface area contributed by atoms with Crippen LogP contribution < -0.4 is 5.32 Å². The van der Waals surface area contributed by atoms with Gasteiger partial charge in [0.05, 0.1) is 24.8 Å². The smallest absolute Gasteiger partial charge is 0.336 e. The Bertz CT molecular complexity index is 1830. The standard InChI is InChI=1S/C34H36ClN5O5/c1-19-28(33(41)43-3)30(24-11-9-13-26-32(24)40-45-39-26)29(20(2)37-19)34(42)44-17-8-4-7-16-36-31-22-10-5-6-12-25(22)38-27-18-21(35)14-15-23(27)31/h9,11,13-15,18,28,30H,4-8,10,12,16-17H2,1-3H3,(H,36,38). The SMILES string of the molecule is COC(=O)C1C(C)=NC(C)=C(C(=O)OCCCCCNc2c3c(nc4cc(Cl)ccc24)CCCC3)C1c1cccc2nonc12. The number of aromatic nitrogens is 3. The van der Waals surface area contributed by atoms with Crippen LogP contribution in [0.2, 0.25) is 5.02 Å². The zero-order chi connectivity index (χ0) is 31.5. The number of methoxy groups -OCH3 is 1. The van der Waals surface area contributed by atoms with Crippen LogP contribution in [-0.4, -0.2) is 53.2 Å². The first-order chi connectivity index (χ1) is 21.9. The van der Waals surface area contributed by atoms with Crippen LogP contribution in [0.1, 0.15) is 68.7 Å². The molecule has 0 bridgehead atoms. The summed E-state index contributed by atoms with van der Waals surface area (Å²) in [7, 11) is 1.32. The molecule has 2 aromatic heterocycles. The van der Waals surface area contributed by atoms with Crippen molar-refractivity contribution in [2.24, 2.45) is 10.9 Å². The quantitative estimate of drug-likeness (QED) is 0.150. The Morgan fingerprint density at radius 3 is 2.73 bits per heavy atom. The van der Waals surface area contributed by atoms with E-state index in [1.807, 2.05) is 24.3 Å². The molecular formula is C34H36ClN5O5. The third-order valence-corrected chi connectivity index (χ3v) is 8.97. The summed E-state index contributed by atoms with van der Waals surface area (Å²) in [6, 6.07) is 11.3. The fourth-order valence-corrected chi connectivity index (χ4v) is 6.78. The van der Waals surface area contributed by atoms with Gasteiger partial charge in [-0.05, 0) is 104 Å². The number of nitrogens with one attached hydrogen (secondary N) is 1. The number of aryl methyl sites for hydroxylation is 1. The highest BCUT2D eigenvalue weighted by atomic mass is 35.5. The summed E-state index contributed by atoms with van der Waals surface area (Å²) < 4.78 is 15.9. The molecule has 234 valence electrons. The van der Waals surface area contributed by atoms with Crippen molar-refractivity contribution in [2.75, 3.05) is 25.6 Å². The Balaban J connectivity index is 1.10. The molecule has 1 aliphatic carbocycles. The van der Waals surface area contributed by atoms with Gasteiger partial charge in [-0.3, -0.25) is 14.8 Å². The van der Waals surface area contributed by atoms with Crippen LogP contribution in [0, 0.1) is 5.92 Å². The molecule has 0 radical (unpaired) electrons. The molecule has 45 heavy (non-hydrogen) atoms. The highest BCUT2D eigenvalue weighted by Crippen LogP contribution is 2.42. The maximum absolute atomic E-state index is 13.6. The van der Waals surface area contributed by atoms with Crippen LogP contribution in [0.5, 0.6) is 0 Å². The molecule has 11 heteroatoms. The van der Waals surface area contributed by atoms with E-state index in [1.54, 1.807) is 26.0 Å². The van der Waals surface area contributed by atoms with E-state index in [4.69, 9.17) is 30.7 Å². The Hall–Kier alpha value is -4.31. The molecule has 0 saturated carbocycles. The predicted octanol–water partition coefficient (Wildman–Crippen LogP) is 6.75. The van der Waals surface area contributed by atoms with Crippen molar-refractivity contribution in [2.45, 2.75) is 64.7 Å². The van der Waals surface area contributed by atoms with Gasteiger partial charge < -0.3 is 14.8 Å². The van der Waals surface area contributed by atoms with Gasteiger partial charge >= 0.3 is 11.9 Å². The number of pyridine rings is 1. The van der Waals surface area contributed by atoms with Gasteiger partial charge in [0.15, 0.2) is 0 Å². The number of aliphatic imine (C=N–C) groups is 1. The molecule has 10 nitrogen and oxygen atoms in total. The van der Waals surface area contributed by atoms with Crippen LogP contribution in [0.4, 0.5) is 5.69 Å². The number of halogens is 1. The second kappa shape index (κ2) is 13.4. The first kappa shape index (κ1) is 30.7. The molecule has 2 atom stereocenters. The molecule has 2 aliphatic rings. The fourth-order valence-electron chi connectivity index (χ4n) is 6.61. The van der Waals surface area contributed by atoms with Crippen LogP contribution >= 0.6 is 11.6 Å². The van der Waals surface area contributed by atoms with Gasteiger partial charge in [0.1, 0.15) is 17.0 Å². The maximum Gasteiger partial charge on any atom is 0.336 e. The second-order valence-corrected chi connectivity index (χ2v) is 12.1. The molecule has 4 aromatic rings. The molecule has 2 unspecified atom stereocenters. The molecular weight excluding hydrogens is 594 g/mol. The summed E-state index contributed by atoms with van der Waals surface area (Å²) in [6.45, 7) is 4.55. The van der Waals surface area contributed by atoms with Crippen molar-refractivity contribution < 1.29 is 23.7 Å². The largest absolute Gasteiger partial charge is 0.468 e. The number of allylic oxidation sites excluding steroid dienone is 1. The molecule has 1 N–H and O–H groups in total. The van der Waals surface area contributed by atoms with Crippen molar-refractivity contribution in [3.05, 3.63) is 69.5 Å². The molecule has 2 aromatic carbocycles. The van der Waals surface area contributed by atoms with E-state index in [1.165, 1.54) is 24.8 Å². The third kappa shape index (κ3) is 6.16. The molecule has 6 rings (SSSR count). The number of rotatable bonds is 10. The molecule has 0 saturated heterocycles. The van der Waals surface area contributed by atoms with Gasteiger partial charge in [-0.2, -0.15) is 0 Å². The number of carbonyl (C=O) groups is 2. The van der Waals surface area contributed by atoms with Gasteiger partial charge in [0.25, 0.3) is 0 Å². The van der Waals surface area contributed by atoms with Crippen molar-refractivity contribution >= 4 is 56.9 Å². The maximum atomic E-state index is 13.6. The fraction of sp³-hybridized carbons (Fsp3) is 0.412. The number of hydrogen-bond donors (Lipinski definition) is 1. The summed E-state index contributed by atoms with van der Waals surface area (Å²) in [5.41, 5.74) is 7.55. The summed E-state index contributed by atoms with van der Waals surface area (Å²) in [5.74, 6) is -2.53. The summed E-state index contributed by atoms with van der Waals surface area (Å²) in [4.78, 5) is 36.0. The highest BCUT2D eigenvalue weighted by molar-refractivity contribution is 6.31. The zero-order valence-electron chi connectivity index (χ0n) is 25.7. The lowest BCUT2D eigenvalue weighted by Crippen LogP contribution is -2.36. The lowest BCUT2D eigenvalue weighted by atomic mass is 9.75. The Morgan fingerprint density at radius 1 is 1.04 bits per heavy atom. The van der Waals surface area contributed by atoms with Gasteiger partial charge in [0.2, 0.25) is 0 Å². The first-order valence-corrected chi connectivity index (χ1v) is 15.8. The number of carbonyl (C=O) groups excluding carboxylic acids is 2. The third-order valence-electron chi connectivity index (χ3n) is 8.74. The summed E-state index contributed by atoms with van der Waals surface area (Å²) in [6.07, 6.45) is 6.81. The van der Waals surface area contributed by atoms with Crippen LogP contribution in [0.15, 0.2) is 57.3 Å². The van der Waals surface area contributed by atoms with Gasteiger partial charge in [-0.25, -0.2) is 9.42 Å². The highest BCUT2D eigenvalue weighted by Gasteiger charge is 2.43. The van der Waals surface area contributed by atoms with Crippen molar-refractivity contribution in [1.82, 2.24) is 15.3 Å². The molecule has 3 heterocycles. The number of unbranched alkanes of at least 4 members (excludes halogenated alkanes) is 2. The number of ether oxygens (including phenoxy) is 2. The van der Waals surface area contributed by atoms with E-state index in [-0.39, 0.29) is 6.61 Å². The van der Waals surface area contributed by atoms with Crippen LogP contribution in [0.3, 0.4) is 0 Å². The average molecular weight is 630 g/mol. The topological polar surface area (TPSA) is 129 Å². The van der Waals surface area contributed by atoms with E-state index in [9.17, 15) is 9.59 Å². The summed E-state index contributed by atoms with van der Waals surface area (Å²) >= 11 is 6.27. The molecule has 0 amide bonds. The van der Waals surface area contributed by atoms with Crippen LogP contribution in [0.25, 0.3) is 21.9 Å². The molecule has 0 spiro atoms. The number of esters is 2. The Morgan fingerprint density at radius 2 is 1.89 bits per heavy atom. The first-order valence-electron chi connectivity index (χ1n) is 15.4. The number of nitrogens with zero attached hydrogens (tertiary/aromatic N) is 4. The van der Waals surface area contributed by atoms with Gasteiger partial charge in [-0.15, -0.1) is 0 Å². The van der Waals surface area contributed by atoms with Crippen LogP contribution in [-0.2, 0) is 31.9 Å². The predicted molar refractivity (Wildman–Crippen MR) is 173 cm³/mol. The number of anilines is 1.